The van der Waals surface area contributed by atoms with Gasteiger partial charge in [0.2, 0.25) is 0 Å². The molecule has 0 heterocycles. The van der Waals surface area contributed by atoms with Crippen LogP contribution >= 0.6 is 11.8 Å². The number of hydrogen-bond acceptors (Lipinski definition) is 1. The molecule has 0 spiro atoms. The van der Waals surface area contributed by atoms with Gasteiger partial charge in [0, 0.05) is 0 Å². The van der Waals surface area contributed by atoms with Gasteiger partial charge in [-0.3, -0.25) is 6.58 Å². The van der Waals surface area contributed by atoms with Gasteiger partial charge in [-0.2, -0.15) is 0 Å². The van der Waals surface area contributed by atoms with Gasteiger partial charge in [0.25, 0.3) is 0 Å². The van der Waals surface area contributed by atoms with Crippen molar-refractivity contribution >= 4 is 11.8 Å². The van der Waals surface area contributed by atoms with Crippen molar-refractivity contribution in [3.8, 4) is 0 Å². The van der Waals surface area contributed by atoms with Crippen molar-refractivity contribution in [1.82, 2.24) is 0 Å². The smallest absolute Gasteiger partial charge is 0.435 e. The molecule has 0 N–H and O–H groups in total. The van der Waals surface area contributed by atoms with E-state index in [-0.39, 0.29) is 18.9 Å². The summed E-state index contributed by atoms with van der Waals surface area (Å²) in [7, 11) is 0. The molecule has 0 fully saturated rings. The van der Waals surface area contributed by atoms with E-state index in [1.165, 1.54) is 16.7 Å². The van der Waals surface area contributed by atoms with Crippen LogP contribution in [0, 0.1) is 5.41 Å². The first kappa shape index (κ1) is 9.91. The molecule has 0 atom stereocenters. The van der Waals surface area contributed by atoms with Crippen LogP contribution in [0.5, 0.6) is 0 Å². The SMILES string of the molecule is C=[C-]Sc1ccccc1.[Li+]. The molecular formula is C8H7LiS. The normalized spacial score (nSPS) is 8.00. The molecule has 0 saturated carbocycles. The van der Waals surface area contributed by atoms with Crippen LogP contribution in [0.1, 0.15) is 0 Å². The second-order valence-electron chi connectivity index (χ2n) is 1.56. The number of benzene rings is 1. The maximum Gasteiger partial charge on any atom is 1.00 e. The number of thioether (sulfide) groups is 1. The van der Waals surface area contributed by atoms with Crippen molar-refractivity contribution in [3.05, 3.63) is 42.3 Å². The molecule has 0 aliphatic rings. The standard InChI is InChI=1S/C8H7S.Li/c1-2-9-8-6-4-3-5-7-8;/h3-7H,1H2;/q-1;+1. The predicted molar refractivity (Wildman–Crippen MR) is 41.2 cm³/mol. The van der Waals surface area contributed by atoms with Gasteiger partial charge in [-0.1, -0.05) is 30.3 Å². The van der Waals surface area contributed by atoms with Gasteiger partial charge in [-0.15, -0.1) is 0 Å². The molecule has 0 radical (unpaired) electrons. The van der Waals surface area contributed by atoms with E-state index in [9.17, 15) is 0 Å². The van der Waals surface area contributed by atoms with Crippen molar-refractivity contribution in [3.63, 3.8) is 0 Å². The molecule has 0 nitrogen and oxygen atoms in total. The molecule has 0 bridgehead atoms. The molecule has 0 aliphatic heterocycles. The molecule has 1 aromatic rings. The summed E-state index contributed by atoms with van der Waals surface area (Å²) in [6, 6.07) is 10.1. The van der Waals surface area contributed by atoms with Gasteiger partial charge >= 0.3 is 18.9 Å². The summed E-state index contributed by atoms with van der Waals surface area (Å²) in [5.41, 5.74) is 0. The first-order valence-corrected chi connectivity index (χ1v) is 3.49. The summed E-state index contributed by atoms with van der Waals surface area (Å²) >= 11 is 1.51. The average Bonchev–Trinajstić information content (AvgIpc) is 1.91. The number of hydrogen-bond donors (Lipinski definition) is 0. The molecule has 0 saturated heterocycles. The summed E-state index contributed by atoms with van der Waals surface area (Å²) in [4.78, 5) is 1.19. The van der Waals surface area contributed by atoms with Crippen molar-refractivity contribution in [2.75, 3.05) is 0 Å². The zero-order valence-electron chi connectivity index (χ0n) is 6.00. The third-order valence-corrected chi connectivity index (χ3v) is 1.59. The molecule has 10 heavy (non-hydrogen) atoms. The zero-order valence-corrected chi connectivity index (χ0v) is 6.82. The van der Waals surface area contributed by atoms with E-state index in [1.807, 2.05) is 30.3 Å². The maximum atomic E-state index is 3.49. The van der Waals surface area contributed by atoms with E-state index in [0.29, 0.717) is 0 Å². The number of rotatable bonds is 2. The summed E-state index contributed by atoms with van der Waals surface area (Å²) in [6.45, 7) is 3.49. The minimum Gasteiger partial charge on any atom is -0.435 e. The summed E-state index contributed by atoms with van der Waals surface area (Å²) in [6.07, 6.45) is 0. The second-order valence-corrected chi connectivity index (χ2v) is 2.52. The van der Waals surface area contributed by atoms with Gasteiger partial charge in [0.15, 0.2) is 0 Å². The van der Waals surface area contributed by atoms with E-state index in [4.69, 9.17) is 0 Å². The Morgan fingerprint density at radius 1 is 1.20 bits per heavy atom. The molecule has 0 aromatic heterocycles. The maximum absolute atomic E-state index is 3.49. The van der Waals surface area contributed by atoms with Crippen LogP contribution in [0.15, 0.2) is 41.8 Å². The minimum absolute atomic E-state index is 0. The molecule has 2 heteroatoms. The van der Waals surface area contributed by atoms with Crippen molar-refractivity contribution < 1.29 is 18.9 Å². The third-order valence-electron chi connectivity index (χ3n) is 0.933. The van der Waals surface area contributed by atoms with Crippen LogP contribution in [-0.2, 0) is 0 Å². The Kier molecular flexibility index (Phi) is 5.62. The third kappa shape index (κ3) is 3.17. The Hall–Kier alpha value is -0.0926. The molecule has 0 amide bonds. The monoisotopic (exact) mass is 142 g/mol. The van der Waals surface area contributed by atoms with Crippen molar-refractivity contribution in [1.29, 1.82) is 0 Å². The Morgan fingerprint density at radius 3 is 2.30 bits per heavy atom. The van der Waals surface area contributed by atoms with Crippen molar-refractivity contribution in [2.24, 2.45) is 0 Å². The van der Waals surface area contributed by atoms with Gasteiger partial charge in [-0.25, -0.2) is 0 Å². The Morgan fingerprint density at radius 2 is 1.80 bits per heavy atom. The molecular weight excluding hydrogens is 135 g/mol. The fourth-order valence-electron chi connectivity index (χ4n) is 0.572. The topological polar surface area (TPSA) is 0 Å². The Bertz CT molecular complexity index is 184. The summed E-state index contributed by atoms with van der Waals surface area (Å²) in [5.74, 6) is 0. The average molecular weight is 142 g/mol. The second kappa shape index (κ2) is 5.67. The Labute approximate surface area is 77.9 Å². The molecule has 46 valence electrons. The quantitative estimate of drug-likeness (QED) is 0.311. The van der Waals surface area contributed by atoms with Crippen LogP contribution < -0.4 is 18.9 Å². The van der Waals surface area contributed by atoms with Gasteiger partial charge < -0.3 is 17.2 Å². The van der Waals surface area contributed by atoms with Crippen LogP contribution in [0.2, 0.25) is 0 Å². The van der Waals surface area contributed by atoms with E-state index in [1.54, 1.807) is 0 Å². The van der Waals surface area contributed by atoms with Gasteiger partial charge in [0.1, 0.15) is 0 Å². The summed E-state index contributed by atoms with van der Waals surface area (Å²) in [5, 5.41) is 2.75. The van der Waals surface area contributed by atoms with Crippen LogP contribution in [0.25, 0.3) is 0 Å². The van der Waals surface area contributed by atoms with Gasteiger partial charge in [-0.05, 0) is 4.90 Å². The largest absolute Gasteiger partial charge is 1.00 e. The zero-order chi connectivity index (χ0) is 6.53. The minimum atomic E-state index is 0. The van der Waals surface area contributed by atoms with Gasteiger partial charge in [0.05, 0.1) is 0 Å². The molecule has 1 rings (SSSR count). The van der Waals surface area contributed by atoms with E-state index in [0.717, 1.165) is 0 Å². The van der Waals surface area contributed by atoms with Crippen molar-refractivity contribution in [2.45, 2.75) is 4.90 Å². The molecule has 0 unspecified atom stereocenters. The first-order chi connectivity index (χ1) is 4.43. The van der Waals surface area contributed by atoms with Crippen LogP contribution in [0.4, 0.5) is 0 Å². The molecule has 0 aliphatic carbocycles. The molecule has 1 aromatic carbocycles. The van der Waals surface area contributed by atoms with E-state index in [2.05, 4.69) is 12.0 Å². The van der Waals surface area contributed by atoms with Crippen LogP contribution in [-0.4, -0.2) is 0 Å². The summed E-state index contributed by atoms with van der Waals surface area (Å²) < 4.78 is 0. The predicted octanol–water partition coefficient (Wildman–Crippen LogP) is -0.271. The van der Waals surface area contributed by atoms with Crippen LogP contribution in [0.3, 0.4) is 0 Å². The fourth-order valence-corrected chi connectivity index (χ4v) is 1.03. The Balaban J connectivity index is 0.000000810. The van der Waals surface area contributed by atoms with E-state index < -0.39 is 0 Å². The fraction of sp³-hybridized carbons (Fsp3) is 0. The first-order valence-electron chi connectivity index (χ1n) is 2.67. The van der Waals surface area contributed by atoms with E-state index >= 15 is 0 Å².